The zero-order chi connectivity index (χ0) is 15.4. The topological polar surface area (TPSA) is 62.2 Å². The molecule has 0 spiro atoms. The van der Waals surface area contributed by atoms with Crippen LogP contribution < -0.4 is 15.5 Å². The van der Waals surface area contributed by atoms with E-state index in [1.807, 2.05) is 31.4 Å². The van der Waals surface area contributed by atoms with Crippen LogP contribution in [0.5, 0.6) is 0 Å². The SMILES string of the molecule is Cn1cc(CNC(=O)N[C@@H]2CCN(c3ccccc3)C2)cn1. The molecule has 2 aromatic rings. The molecule has 1 atom stereocenters. The number of para-hydroxylation sites is 1. The molecule has 0 aliphatic carbocycles. The third kappa shape index (κ3) is 3.58. The van der Waals surface area contributed by atoms with Gasteiger partial charge in [-0.15, -0.1) is 0 Å². The molecule has 6 nitrogen and oxygen atoms in total. The molecule has 0 saturated carbocycles. The fourth-order valence-electron chi connectivity index (χ4n) is 2.73. The Bertz CT molecular complexity index is 624. The highest BCUT2D eigenvalue weighted by atomic mass is 16.2. The molecule has 1 aliphatic heterocycles. The number of rotatable bonds is 4. The van der Waals surface area contributed by atoms with E-state index in [0.717, 1.165) is 25.1 Å². The molecule has 0 radical (unpaired) electrons. The average molecular weight is 299 g/mol. The maximum absolute atomic E-state index is 12.0. The van der Waals surface area contributed by atoms with Gasteiger partial charge in [0.2, 0.25) is 0 Å². The normalized spacial score (nSPS) is 17.5. The number of urea groups is 1. The molecule has 116 valence electrons. The second kappa shape index (κ2) is 6.51. The summed E-state index contributed by atoms with van der Waals surface area (Å²) in [5.74, 6) is 0. The number of nitrogens with one attached hydrogen (secondary N) is 2. The van der Waals surface area contributed by atoms with Gasteiger partial charge in [-0.3, -0.25) is 4.68 Å². The summed E-state index contributed by atoms with van der Waals surface area (Å²) in [7, 11) is 1.86. The zero-order valence-electron chi connectivity index (χ0n) is 12.7. The molecule has 6 heteroatoms. The zero-order valence-corrected chi connectivity index (χ0v) is 12.7. The minimum atomic E-state index is -0.122. The molecule has 0 bridgehead atoms. The summed E-state index contributed by atoms with van der Waals surface area (Å²) >= 11 is 0. The maximum Gasteiger partial charge on any atom is 0.315 e. The largest absolute Gasteiger partial charge is 0.369 e. The first-order valence-electron chi connectivity index (χ1n) is 7.52. The quantitative estimate of drug-likeness (QED) is 0.899. The minimum absolute atomic E-state index is 0.122. The molecule has 1 aliphatic rings. The van der Waals surface area contributed by atoms with Crippen molar-refractivity contribution in [3.8, 4) is 0 Å². The predicted molar refractivity (Wildman–Crippen MR) is 85.6 cm³/mol. The predicted octanol–water partition coefficient (Wildman–Crippen LogP) is 1.50. The lowest BCUT2D eigenvalue weighted by atomic mass is 10.3. The second-order valence-electron chi connectivity index (χ2n) is 5.62. The van der Waals surface area contributed by atoms with Gasteiger partial charge in [0.1, 0.15) is 0 Å². The number of benzene rings is 1. The third-order valence-electron chi connectivity index (χ3n) is 3.86. The summed E-state index contributed by atoms with van der Waals surface area (Å²) in [6.07, 6.45) is 4.62. The van der Waals surface area contributed by atoms with Crippen molar-refractivity contribution in [2.24, 2.45) is 7.05 Å². The molecule has 1 saturated heterocycles. The van der Waals surface area contributed by atoms with Gasteiger partial charge in [-0.05, 0) is 18.6 Å². The molecule has 2 N–H and O–H groups in total. The van der Waals surface area contributed by atoms with Crippen molar-refractivity contribution in [3.63, 3.8) is 0 Å². The molecule has 3 rings (SSSR count). The van der Waals surface area contributed by atoms with Gasteiger partial charge >= 0.3 is 6.03 Å². The fraction of sp³-hybridized carbons (Fsp3) is 0.375. The number of anilines is 1. The van der Waals surface area contributed by atoms with E-state index in [0.29, 0.717) is 6.54 Å². The minimum Gasteiger partial charge on any atom is -0.369 e. The van der Waals surface area contributed by atoms with E-state index in [4.69, 9.17) is 0 Å². The van der Waals surface area contributed by atoms with Crippen molar-refractivity contribution < 1.29 is 4.79 Å². The van der Waals surface area contributed by atoms with E-state index in [9.17, 15) is 4.79 Å². The molecule has 2 amide bonds. The van der Waals surface area contributed by atoms with Gasteiger partial charge in [0.15, 0.2) is 0 Å². The van der Waals surface area contributed by atoms with Crippen LogP contribution in [0.25, 0.3) is 0 Å². The standard InChI is InChI=1S/C16H21N5O/c1-20-11-13(10-18-20)9-17-16(22)19-14-7-8-21(12-14)15-5-3-2-4-6-15/h2-6,10-11,14H,7-9,12H2,1H3,(H2,17,19,22)/t14-/m1/s1. The molecule has 1 aromatic carbocycles. The van der Waals surface area contributed by atoms with Crippen LogP contribution in [0.3, 0.4) is 0 Å². The van der Waals surface area contributed by atoms with Crippen LogP contribution in [0.15, 0.2) is 42.7 Å². The van der Waals surface area contributed by atoms with E-state index in [1.165, 1.54) is 5.69 Å². The van der Waals surface area contributed by atoms with Gasteiger partial charge in [0.25, 0.3) is 0 Å². The van der Waals surface area contributed by atoms with E-state index < -0.39 is 0 Å². The number of carbonyl (C=O) groups is 1. The summed E-state index contributed by atoms with van der Waals surface area (Å²) in [6.45, 7) is 2.32. The van der Waals surface area contributed by atoms with Crippen LogP contribution in [0, 0.1) is 0 Å². The molecule has 1 aromatic heterocycles. The Hall–Kier alpha value is -2.50. The van der Waals surface area contributed by atoms with Crippen molar-refractivity contribution in [3.05, 3.63) is 48.3 Å². The van der Waals surface area contributed by atoms with E-state index in [1.54, 1.807) is 10.9 Å². The van der Waals surface area contributed by atoms with Gasteiger partial charge in [-0.25, -0.2) is 4.79 Å². The fourth-order valence-corrected chi connectivity index (χ4v) is 2.73. The van der Waals surface area contributed by atoms with Crippen LogP contribution in [-0.4, -0.2) is 34.9 Å². The lowest BCUT2D eigenvalue weighted by molar-refractivity contribution is 0.237. The Morgan fingerprint density at radius 3 is 2.91 bits per heavy atom. The molecule has 1 fully saturated rings. The van der Waals surface area contributed by atoms with Crippen LogP contribution in [0.2, 0.25) is 0 Å². The van der Waals surface area contributed by atoms with E-state index >= 15 is 0 Å². The molecular formula is C16H21N5O. The number of aromatic nitrogens is 2. The molecule has 22 heavy (non-hydrogen) atoms. The Morgan fingerprint density at radius 1 is 1.36 bits per heavy atom. The van der Waals surface area contributed by atoms with Crippen molar-refractivity contribution in [1.29, 1.82) is 0 Å². The van der Waals surface area contributed by atoms with Crippen molar-refractivity contribution in [2.45, 2.75) is 19.0 Å². The molecular weight excluding hydrogens is 278 g/mol. The first kappa shape index (κ1) is 14.4. The number of aryl methyl sites for hydroxylation is 1. The van der Waals surface area contributed by atoms with Crippen molar-refractivity contribution in [1.82, 2.24) is 20.4 Å². The number of amides is 2. The number of carbonyl (C=O) groups excluding carboxylic acids is 1. The van der Waals surface area contributed by atoms with E-state index in [2.05, 4.69) is 32.8 Å². The summed E-state index contributed by atoms with van der Waals surface area (Å²) in [4.78, 5) is 14.3. The lowest BCUT2D eigenvalue weighted by Crippen LogP contribution is -2.43. The Morgan fingerprint density at radius 2 is 2.18 bits per heavy atom. The first-order chi connectivity index (χ1) is 10.7. The highest BCUT2D eigenvalue weighted by molar-refractivity contribution is 5.74. The van der Waals surface area contributed by atoms with Gasteiger partial charge in [0.05, 0.1) is 6.20 Å². The van der Waals surface area contributed by atoms with Gasteiger partial charge < -0.3 is 15.5 Å². The molecule has 2 heterocycles. The third-order valence-corrected chi connectivity index (χ3v) is 3.86. The van der Waals surface area contributed by atoms with E-state index in [-0.39, 0.29) is 12.1 Å². The van der Waals surface area contributed by atoms with Gasteiger partial charge in [-0.2, -0.15) is 5.10 Å². The highest BCUT2D eigenvalue weighted by Crippen LogP contribution is 2.19. The first-order valence-corrected chi connectivity index (χ1v) is 7.52. The number of hydrogen-bond donors (Lipinski definition) is 2. The second-order valence-corrected chi connectivity index (χ2v) is 5.62. The number of nitrogens with zero attached hydrogens (tertiary/aromatic N) is 3. The number of hydrogen-bond acceptors (Lipinski definition) is 3. The van der Waals surface area contributed by atoms with Crippen LogP contribution in [0.4, 0.5) is 10.5 Å². The van der Waals surface area contributed by atoms with Crippen molar-refractivity contribution in [2.75, 3.05) is 18.0 Å². The monoisotopic (exact) mass is 299 g/mol. The molecule has 0 unspecified atom stereocenters. The van der Waals surface area contributed by atoms with Crippen LogP contribution in [0.1, 0.15) is 12.0 Å². The van der Waals surface area contributed by atoms with Crippen LogP contribution >= 0.6 is 0 Å². The summed E-state index contributed by atoms with van der Waals surface area (Å²) < 4.78 is 1.73. The highest BCUT2D eigenvalue weighted by Gasteiger charge is 2.23. The van der Waals surface area contributed by atoms with Crippen LogP contribution in [-0.2, 0) is 13.6 Å². The smallest absolute Gasteiger partial charge is 0.315 e. The summed E-state index contributed by atoms with van der Waals surface area (Å²) in [5, 5.41) is 9.99. The summed E-state index contributed by atoms with van der Waals surface area (Å²) in [6, 6.07) is 10.4. The Kier molecular flexibility index (Phi) is 4.27. The average Bonchev–Trinajstić information content (AvgIpc) is 3.15. The van der Waals surface area contributed by atoms with Gasteiger partial charge in [0, 0.05) is 50.2 Å². The maximum atomic E-state index is 12.0. The van der Waals surface area contributed by atoms with Crippen molar-refractivity contribution >= 4 is 11.7 Å². The lowest BCUT2D eigenvalue weighted by Gasteiger charge is -2.19. The Labute approximate surface area is 130 Å². The summed E-state index contributed by atoms with van der Waals surface area (Å²) in [5.41, 5.74) is 2.21. The Balaban J connectivity index is 1.45. The van der Waals surface area contributed by atoms with Gasteiger partial charge in [-0.1, -0.05) is 18.2 Å².